The van der Waals surface area contributed by atoms with E-state index in [4.69, 9.17) is 4.99 Å². The number of aliphatic imine (C=N–C) groups is 1. The molecule has 1 aromatic carbocycles. The van der Waals surface area contributed by atoms with Gasteiger partial charge < -0.3 is 19.8 Å². The molecule has 0 atom stereocenters. The lowest BCUT2D eigenvalue weighted by Crippen LogP contribution is -2.39. The molecule has 3 rings (SSSR count). The molecule has 10 heteroatoms. The van der Waals surface area contributed by atoms with E-state index in [-0.39, 0.29) is 24.0 Å². The molecule has 0 aliphatic heterocycles. The minimum Gasteiger partial charge on any atom is -0.355 e. The van der Waals surface area contributed by atoms with E-state index >= 15 is 0 Å². The standard InChI is InChI=1S/C19H27N9.HI/c1-4-17-25-23-14-28(17)11-10-20-19(21-12-16-8-6-5-7-9-16)22-13-18-26-24-15(2)27(18)3;/h5-9,14H,4,10-13H2,1-3H3,(H2,20,21,22);1H. The SMILES string of the molecule is CCc1nncn1CCNC(=NCc1ccccc1)NCc1nnc(C)n1C.I. The topological polar surface area (TPSA) is 97.8 Å². The van der Waals surface area contributed by atoms with Gasteiger partial charge in [0.2, 0.25) is 0 Å². The van der Waals surface area contributed by atoms with E-state index in [0.717, 1.165) is 42.0 Å². The van der Waals surface area contributed by atoms with Crippen LogP contribution in [0.15, 0.2) is 41.7 Å². The highest BCUT2D eigenvalue weighted by atomic mass is 127. The summed E-state index contributed by atoms with van der Waals surface area (Å²) in [5.74, 6) is 3.45. The molecular weight excluding hydrogens is 481 g/mol. The van der Waals surface area contributed by atoms with Gasteiger partial charge in [-0.2, -0.15) is 0 Å². The fourth-order valence-electron chi connectivity index (χ4n) is 2.73. The lowest BCUT2D eigenvalue weighted by Gasteiger charge is -2.13. The van der Waals surface area contributed by atoms with Gasteiger partial charge in [0.15, 0.2) is 11.8 Å². The summed E-state index contributed by atoms with van der Waals surface area (Å²) in [6.07, 6.45) is 2.62. The van der Waals surface area contributed by atoms with Gasteiger partial charge in [-0.15, -0.1) is 44.4 Å². The largest absolute Gasteiger partial charge is 0.355 e. The Kier molecular flexibility index (Phi) is 9.03. The Bertz CT molecular complexity index is 902. The van der Waals surface area contributed by atoms with Gasteiger partial charge >= 0.3 is 0 Å². The second-order valence-electron chi connectivity index (χ2n) is 6.45. The normalized spacial score (nSPS) is 11.2. The van der Waals surface area contributed by atoms with Gasteiger partial charge in [0.05, 0.1) is 13.1 Å². The lowest BCUT2D eigenvalue weighted by atomic mass is 10.2. The van der Waals surface area contributed by atoms with E-state index in [2.05, 4.69) is 50.1 Å². The van der Waals surface area contributed by atoms with E-state index in [9.17, 15) is 0 Å². The van der Waals surface area contributed by atoms with Crippen molar-refractivity contribution in [3.05, 3.63) is 59.7 Å². The highest BCUT2D eigenvalue weighted by Crippen LogP contribution is 2.01. The molecule has 0 spiro atoms. The Labute approximate surface area is 188 Å². The Morgan fingerprint density at radius 1 is 1.07 bits per heavy atom. The number of hydrogen-bond acceptors (Lipinski definition) is 5. The van der Waals surface area contributed by atoms with Crippen molar-refractivity contribution < 1.29 is 0 Å². The molecule has 0 unspecified atom stereocenters. The highest BCUT2D eigenvalue weighted by molar-refractivity contribution is 14.0. The fourth-order valence-corrected chi connectivity index (χ4v) is 2.73. The molecule has 2 N–H and O–H groups in total. The van der Waals surface area contributed by atoms with Gasteiger partial charge in [0.25, 0.3) is 0 Å². The number of benzene rings is 1. The van der Waals surface area contributed by atoms with Gasteiger partial charge in [-0.3, -0.25) is 0 Å². The number of aryl methyl sites for hydroxylation is 2. The first-order valence-corrected chi connectivity index (χ1v) is 9.45. The molecule has 0 bridgehead atoms. The zero-order chi connectivity index (χ0) is 19.8. The van der Waals surface area contributed by atoms with Crippen LogP contribution in [0.25, 0.3) is 0 Å². The summed E-state index contributed by atoms with van der Waals surface area (Å²) in [5, 5.41) is 23.1. The average molecular weight is 509 g/mol. The average Bonchev–Trinajstić information content (AvgIpc) is 3.31. The van der Waals surface area contributed by atoms with Crippen molar-refractivity contribution in [3.63, 3.8) is 0 Å². The molecule has 2 aromatic heterocycles. The number of hydrogen-bond donors (Lipinski definition) is 2. The van der Waals surface area contributed by atoms with E-state index < -0.39 is 0 Å². The van der Waals surface area contributed by atoms with Crippen LogP contribution < -0.4 is 10.6 Å². The molecule has 0 fully saturated rings. The van der Waals surface area contributed by atoms with Gasteiger partial charge in [0, 0.05) is 26.6 Å². The summed E-state index contributed by atoms with van der Waals surface area (Å²) in [4.78, 5) is 4.70. The smallest absolute Gasteiger partial charge is 0.192 e. The van der Waals surface area contributed by atoms with E-state index in [1.165, 1.54) is 0 Å². The summed E-state index contributed by atoms with van der Waals surface area (Å²) in [7, 11) is 1.96. The molecule has 0 saturated carbocycles. The molecule has 0 aliphatic carbocycles. The molecule has 3 aromatic rings. The zero-order valence-corrected chi connectivity index (χ0v) is 19.4. The van der Waals surface area contributed by atoms with Crippen molar-refractivity contribution in [3.8, 4) is 0 Å². The van der Waals surface area contributed by atoms with Crippen LogP contribution in [0.5, 0.6) is 0 Å². The number of guanidine groups is 1. The van der Waals surface area contributed by atoms with Gasteiger partial charge in [0.1, 0.15) is 18.0 Å². The summed E-state index contributed by atoms with van der Waals surface area (Å²) in [6.45, 7) is 6.63. The van der Waals surface area contributed by atoms with Crippen molar-refractivity contribution in [2.24, 2.45) is 12.0 Å². The molecule has 0 saturated heterocycles. The van der Waals surface area contributed by atoms with Crippen LogP contribution in [0.3, 0.4) is 0 Å². The maximum atomic E-state index is 4.70. The highest BCUT2D eigenvalue weighted by Gasteiger charge is 2.07. The van der Waals surface area contributed by atoms with Gasteiger partial charge in [-0.05, 0) is 12.5 Å². The quantitative estimate of drug-likeness (QED) is 0.273. The van der Waals surface area contributed by atoms with Crippen LogP contribution in [0, 0.1) is 6.92 Å². The molecule has 9 nitrogen and oxygen atoms in total. The van der Waals surface area contributed by atoms with Crippen LogP contribution in [-0.4, -0.2) is 42.0 Å². The fraction of sp³-hybridized carbons (Fsp3) is 0.421. The van der Waals surface area contributed by atoms with E-state index in [1.54, 1.807) is 6.33 Å². The summed E-state index contributed by atoms with van der Waals surface area (Å²) in [6, 6.07) is 10.2. The summed E-state index contributed by atoms with van der Waals surface area (Å²) < 4.78 is 4.01. The predicted molar refractivity (Wildman–Crippen MR) is 123 cm³/mol. The monoisotopic (exact) mass is 509 g/mol. The molecule has 0 aliphatic rings. The van der Waals surface area contributed by atoms with Gasteiger partial charge in [-0.1, -0.05) is 37.3 Å². The van der Waals surface area contributed by atoms with Crippen molar-refractivity contribution in [2.75, 3.05) is 6.54 Å². The number of nitrogens with one attached hydrogen (secondary N) is 2. The van der Waals surface area contributed by atoms with Crippen molar-refractivity contribution in [1.82, 2.24) is 40.2 Å². The molecule has 0 radical (unpaired) electrons. The summed E-state index contributed by atoms with van der Waals surface area (Å²) >= 11 is 0. The molecule has 156 valence electrons. The van der Waals surface area contributed by atoms with Crippen LogP contribution in [-0.2, 0) is 33.1 Å². The van der Waals surface area contributed by atoms with Gasteiger partial charge in [-0.25, -0.2) is 4.99 Å². The number of rotatable bonds is 8. The Morgan fingerprint density at radius 2 is 1.86 bits per heavy atom. The van der Waals surface area contributed by atoms with Crippen molar-refractivity contribution >= 4 is 29.9 Å². The number of halogens is 1. The van der Waals surface area contributed by atoms with Crippen LogP contribution in [0.2, 0.25) is 0 Å². The number of aromatic nitrogens is 6. The Morgan fingerprint density at radius 3 is 2.55 bits per heavy atom. The maximum Gasteiger partial charge on any atom is 0.192 e. The van der Waals surface area contributed by atoms with Crippen LogP contribution in [0.1, 0.15) is 30.0 Å². The second-order valence-corrected chi connectivity index (χ2v) is 6.45. The Hall–Kier alpha value is -2.50. The third-order valence-corrected chi connectivity index (χ3v) is 4.52. The molecule has 29 heavy (non-hydrogen) atoms. The van der Waals surface area contributed by atoms with Crippen molar-refractivity contribution in [2.45, 2.75) is 39.9 Å². The Balaban J connectivity index is 0.00000300. The first-order chi connectivity index (χ1) is 13.7. The molecule has 0 amide bonds. The first-order valence-electron chi connectivity index (χ1n) is 9.45. The molecule has 2 heterocycles. The molecular formula is C19H28IN9. The zero-order valence-electron chi connectivity index (χ0n) is 17.0. The lowest BCUT2D eigenvalue weighted by molar-refractivity contribution is 0.628. The first kappa shape index (κ1) is 22.8. The number of nitrogens with zero attached hydrogens (tertiary/aromatic N) is 7. The second kappa shape index (κ2) is 11.5. The van der Waals surface area contributed by atoms with Crippen LogP contribution in [0.4, 0.5) is 0 Å². The summed E-state index contributed by atoms with van der Waals surface area (Å²) in [5.41, 5.74) is 1.16. The minimum atomic E-state index is 0. The van der Waals surface area contributed by atoms with Crippen LogP contribution >= 0.6 is 24.0 Å². The third kappa shape index (κ3) is 6.51. The third-order valence-electron chi connectivity index (χ3n) is 4.52. The van der Waals surface area contributed by atoms with E-state index in [0.29, 0.717) is 19.6 Å². The minimum absolute atomic E-state index is 0. The van der Waals surface area contributed by atoms with E-state index in [1.807, 2.05) is 41.3 Å². The predicted octanol–water partition coefficient (Wildman–Crippen LogP) is 1.83. The maximum absolute atomic E-state index is 4.70. The van der Waals surface area contributed by atoms with Crippen molar-refractivity contribution in [1.29, 1.82) is 0 Å².